The highest BCUT2D eigenvalue weighted by molar-refractivity contribution is 14.1. The molecule has 0 rings (SSSR count). The van der Waals surface area contributed by atoms with E-state index in [1.165, 1.54) is 0 Å². The van der Waals surface area contributed by atoms with Crippen LogP contribution >= 0.6 is 22.6 Å². The van der Waals surface area contributed by atoms with Gasteiger partial charge in [0.25, 0.3) is 0 Å². The zero-order valence-electron chi connectivity index (χ0n) is 23.0. The number of halogens is 1. The molecule has 0 spiro atoms. The molecule has 0 heterocycles. The number of rotatable bonds is 33. The van der Waals surface area contributed by atoms with Crippen LogP contribution in [-0.2, 0) is 52.1 Å². The molecule has 11 nitrogen and oxygen atoms in total. The smallest absolute Gasteiger partial charge is 0.0703 e. The summed E-state index contributed by atoms with van der Waals surface area (Å²) in [5.41, 5.74) is 0. The van der Waals surface area contributed by atoms with Gasteiger partial charge in [0.2, 0.25) is 0 Å². The first kappa shape index (κ1) is 37.3. The van der Waals surface area contributed by atoms with E-state index in [-0.39, 0.29) is 6.10 Å². The minimum Gasteiger partial charge on any atom is -0.378 e. The Morgan fingerprint density at radius 2 is 0.514 bits per heavy atom. The zero-order valence-corrected chi connectivity index (χ0v) is 25.2. The topological polar surface area (TPSA) is 102 Å². The Morgan fingerprint density at radius 3 is 0.703 bits per heavy atom. The molecule has 0 saturated heterocycles. The molecule has 0 radical (unpaired) electrons. The summed E-state index contributed by atoms with van der Waals surface area (Å²) >= 11 is 2.28. The Hall–Kier alpha value is 0.290. The van der Waals surface area contributed by atoms with Gasteiger partial charge in [-0.1, -0.05) is 22.6 Å². The Morgan fingerprint density at radius 1 is 0.324 bits per heavy atom. The molecule has 0 aromatic heterocycles. The summed E-state index contributed by atoms with van der Waals surface area (Å²) in [7, 11) is 0. The van der Waals surface area contributed by atoms with Gasteiger partial charge in [-0.25, -0.2) is 0 Å². The molecule has 0 bridgehead atoms. The van der Waals surface area contributed by atoms with E-state index < -0.39 is 0 Å². The third-order valence-corrected chi connectivity index (χ3v) is 4.69. The lowest BCUT2D eigenvalue weighted by Crippen LogP contribution is -2.15. The van der Waals surface area contributed by atoms with Gasteiger partial charge in [0.05, 0.1) is 145 Å². The van der Waals surface area contributed by atoms with E-state index in [2.05, 4.69) is 22.6 Å². The first-order chi connectivity index (χ1) is 18.3. The second kappa shape index (κ2) is 34.3. The fraction of sp³-hybridized carbons (Fsp3) is 1.00. The predicted octanol–water partition coefficient (Wildman–Crippen LogP) is 2.01. The maximum Gasteiger partial charge on any atom is 0.0703 e. The molecular formula is C25H51IO11. The Labute approximate surface area is 237 Å². The predicted molar refractivity (Wildman–Crippen MR) is 148 cm³/mol. The van der Waals surface area contributed by atoms with Crippen molar-refractivity contribution < 1.29 is 52.1 Å². The lowest BCUT2D eigenvalue weighted by Gasteiger charge is -2.09. The molecule has 0 aliphatic rings. The molecule has 0 aliphatic carbocycles. The minimum absolute atomic E-state index is 0.236. The molecule has 12 heteroatoms. The van der Waals surface area contributed by atoms with Crippen LogP contribution in [0, 0.1) is 0 Å². The molecule has 0 unspecified atom stereocenters. The average Bonchev–Trinajstić information content (AvgIpc) is 2.89. The van der Waals surface area contributed by atoms with E-state index in [4.69, 9.17) is 52.1 Å². The normalized spacial score (nSPS) is 11.7. The van der Waals surface area contributed by atoms with Gasteiger partial charge in [0.1, 0.15) is 0 Å². The second-order valence-corrected chi connectivity index (χ2v) is 8.81. The SMILES string of the molecule is CC(C)OCCOCCOCCOCCOCCOCCOCCOCCOCCOCCOCCI. The summed E-state index contributed by atoms with van der Waals surface area (Å²) in [5.74, 6) is 0. The molecule has 224 valence electrons. The maximum atomic E-state index is 5.46. The summed E-state index contributed by atoms with van der Waals surface area (Å²) in [6, 6.07) is 0. The molecule has 0 aliphatic heterocycles. The maximum absolute atomic E-state index is 5.46. The van der Waals surface area contributed by atoms with Crippen molar-refractivity contribution in [2.45, 2.75) is 20.0 Å². The van der Waals surface area contributed by atoms with Crippen molar-refractivity contribution in [1.82, 2.24) is 0 Å². The van der Waals surface area contributed by atoms with Crippen molar-refractivity contribution in [1.29, 1.82) is 0 Å². The summed E-state index contributed by atoms with van der Waals surface area (Å²) in [5, 5.41) is 0. The standard InChI is InChI=1S/C25H51IO11/c1-25(2)37-24-23-36-22-21-35-20-19-34-18-17-33-16-15-32-14-13-31-12-11-30-10-9-29-8-7-28-6-5-27-4-3-26/h25H,3-24H2,1-2H3. The second-order valence-electron chi connectivity index (χ2n) is 7.73. The van der Waals surface area contributed by atoms with E-state index in [1.807, 2.05) is 13.8 Å². The fourth-order valence-electron chi connectivity index (χ4n) is 2.48. The van der Waals surface area contributed by atoms with Crippen molar-refractivity contribution in [3.8, 4) is 0 Å². The number of ether oxygens (including phenoxy) is 11. The lowest BCUT2D eigenvalue weighted by atomic mass is 10.5. The van der Waals surface area contributed by atoms with Crippen molar-refractivity contribution >= 4 is 22.6 Å². The Balaban J connectivity index is 3.01. The summed E-state index contributed by atoms with van der Waals surface area (Å²) in [6.07, 6.45) is 0.236. The van der Waals surface area contributed by atoms with E-state index in [0.717, 1.165) is 11.0 Å². The molecular weight excluding hydrogens is 603 g/mol. The van der Waals surface area contributed by atoms with E-state index in [0.29, 0.717) is 132 Å². The molecule has 0 aromatic carbocycles. The third kappa shape index (κ3) is 36.3. The van der Waals surface area contributed by atoms with Crippen LogP contribution in [-0.4, -0.2) is 149 Å². The van der Waals surface area contributed by atoms with Crippen LogP contribution in [0.25, 0.3) is 0 Å². The Bertz CT molecular complexity index is 409. The van der Waals surface area contributed by atoms with Crippen molar-refractivity contribution in [3.05, 3.63) is 0 Å². The molecule has 0 saturated carbocycles. The number of hydrogen-bond donors (Lipinski definition) is 0. The van der Waals surface area contributed by atoms with Gasteiger partial charge in [-0.3, -0.25) is 0 Å². The van der Waals surface area contributed by atoms with Crippen LogP contribution in [0.15, 0.2) is 0 Å². The van der Waals surface area contributed by atoms with Gasteiger partial charge in [-0.05, 0) is 13.8 Å². The Kier molecular flexibility index (Phi) is 34.6. The van der Waals surface area contributed by atoms with Crippen LogP contribution in [0.4, 0.5) is 0 Å². The zero-order chi connectivity index (χ0) is 26.9. The molecule has 37 heavy (non-hydrogen) atoms. The number of alkyl halides is 1. The lowest BCUT2D eigenvalue weighted by molar-refractivity contribution is -0.0285. The van der Waals surface area contributed by atoms with Crippen LogP contribution in [0.1, 0.15) is 13.8 Å². The van der Waals surface area contributed by atoms with Crippen LogP contribution in [0.2, 0.25) is 0 Å². The van der Waals surface area contributed by atoms with Crippen LogP contribution in [0.3, 0.4) is 0 Å². The fourth-order valence-corrected chi connectivity index (χ4v) is 2.79. The van der Waals surface area contributed by atoms with E-state index in [1.54, 1.807) is 0 Å². The highest BCUT2D eigenvalue weighted by atomic mass is 127. The highest BCUT2D eigenvalue weighted by Crippen LogP contribution is 1.89. The molecule has 0 aromatic rings. The first-order valence-electron chi connectivity index (χ1n) is 13.2. The largest absolute Gasteiger partial charge is 0.378 e. The first-order valence-corrected chi connectivity index (χ1v) is 14.7. The van der Waals surface area contributed by atoms with Crippen molar-refractivity contribution in [2.24, 2.45) is 0 Å². The van der Waals surface area contributed by atoms with Gasteiger partial charge in [0, 0.05) is 4.43 Å². The highest BCUT2D eigenvalue weighted by Gasteiger charge is 1.96. The monoisotopic (exact) mass is 654 g/mol. The van der Waals surface area contributed by atoms with Gasteiger partial charge in [0.15, 0.2) is 0 Å². The van der Waals surface area contributed by atoms with Gasteiger partial charge < -0.3 is 52.1 Å². The van der Waals surface area contributed by atoms with Crippen LogP contribution < -0.4 is 0 Å². The average molecular weight is 655 g/mol. The summed E-state index contributed by atoms with van der Waals surface area (Å²) < 4.78 is 60.6. The summed E-state index contributed by atoms with van der Waals surface area (Å²) in [4.78, 5) is 0. The molecule has 0 fully saturated rings. The van der Waals surface area contributed by atoms with E-state index >= 15 is 0 Å². The quantitative estimate of drug-likeness (QED) is 0.0591. The molecule has 0 atom stereocenters. The van der Waals surface area contributed by atoms with E-state index in [9.17, 15) is 0 Å². The summed E-state index contributed by atoms with van der Waals surface area (Å²) in [6.45, 7) is 15.8. The third-order valence-electron chi connectivity index (χ3n) is 4.25. The number of hydrogen-bond acceptors (Lipinski definition) is 11. The van der Waals surface area contributed by atoms with Crippen molar-refractivity contribution in [2.75, 3.05) is 143 Å². The van der Waals surface area contributed by atoms with Crippen molar-refractivity contribution in [3.63, 3.8) is 0 Å². The van der Waals surface area contributed by atoms with Gasteiger partial charge >= 0.3 is 0 Å². The minimum atomic E-state index is 0.236. The molecule has 0 N–H and O–H groups in total. The molecule has 0 amide bonds. The van der Waals surface area contributed by atoms with Gasteiger partial charge in [-0.2, -0.15) is 0 Å². The van der Waals surface area contributed by atoms with Crippen LogP contribution in [0.5, 0.6) is 0 Å². The van der Waals surface area contributed by atoms with Gasteiger partial charge in [-0.15, -0.1) is 0 Å².